The monoisotopic (exact) mass is 381 g/mol. The summed E-state index contributed by atoms with van der Waals surface area (Å²) in [5.41, 5.74) is 3.24. The Hall–Kier alpha value is -2.09. The lowest BCUT2D eigenvalue weighted by molar-refractivity contribution is 0.201. The lowest BCUT2D eigenvalue weighted by atomic mass is 9.96. The summed E-state index contributed by atoms with van der Waals surface area (Å²) in [4.78, 5) is 3.71. The van der Waals surface area contributed by atoms with Gasteiger partial charge in [0, 0.05) is 12.5 Å². The predicted molar refractivity (Wildman–Crippen MR) is 106 cm³/mol. The molecule has 0 N–H and O–H groups in total. The molecular formula is C19H19N5S2. The van der Waals surface area contributed by atoms with Crippen LogP contribution in [0.25, 0.3) is 16.2 Å². The molecule has 1 fully saturated rings. The van der Waals surface area contributed by atoms with E-state index in [2.05, 4.69) is 49.4 Å². The Morgan fingerprint density at radius 3 is 2.73 bits per heavy atom. The highest BCUT2D eigenvalue weighted by Crippen LogP contribution is 2.29. The average molecular weight is 382 g/mol. The van der Waals surface area contributed by atoms with E-state index in [1.807, 2.05) is 16.6 Å². The summed E-state index contributed by atoms with van der Waals surface area (Å²) in [5, 5.41) is 20.1. The Morgan fingerprint density at radius 2 is 1.96 bits per heavy atom. The third-order valence-electron chi connectivity index (χ3n) is 5.00. The molecule has 0 bridgehead atoms. The molecule has 0 radical (unpaired) electrons. The molecule has 0 aromatic carbocycles. The van der Waals surface area contributed by atoms with Crippen LogP contribution in [0.15, 0.2) is 46.5 Å². The van der Waals surface area contributed by atoms with E-state index in [0.717, 1.165) is 49.6 Å². The Kier molecular flexibility index (Phi) is 4.28. The van der Waals surface area contributed by atoms with Crippen LogP contribution in [0.4, 0.5) is 0 Å². The first-order valence-electron chi connectivity index (χ1n) is 8.86. The van der Waals surface area contributed by atoms with Crippen LogP contribution in [0.1, 0.15) is 30.1 Å². The van der Waals surface area contributed by atoms with E-state index >= 15 is 0 Å². The fourth-order valence-electron chi connectivity index (χ4n) is 3.61. The van der Waals surface area contributed by atoms with Gasteiger partial charge < -0.3 is 0 Å². The highest BCUT2D eigenvalue weighted by molar-refractivity contribution is 7.13. The number of nitrogens with zero attached hydrogens (tertiary/aromatic N) is 5. The Bertz CT molecular complexity index is 982. The van der Waals surface area contributed by atoms with Crippen molar-refractivity contribution in [2.24, 2.45) is 0 Å². The van der Waals surface area contributed by atoms with Gasteiger partial charge in [-0.3, -0.25) is 4.90 Å². The molecular weight excluding hydrogens is 362 g/mol. The van der Waals surface area contributed by atoms with Gasteiger partial charge in [0.15, 0.2) is 11.5 Å². The van der Waals surface area contributed by atoms with Crippen molar-refractivity contribution in [3.8, 4) is 10.6 Å². The minimum atomic E-state index is 0.426. The van der Waals surface area contributed by atoms with Crippen molar-refractivity contribution >= 4 is 28.3 Å². The van der Waals surface area contributed by atoms with E-state index in [0.29, 0.717) is 5.92 Å². The molecule has 26 heavy (non-hydrogen) atoms. The maximum absolute atomic E-state index is 4.82. The Labute approximate surface area is 159 Å². The zero-order valence-electron chi connectivity index (χ0n) is 14.3. The number of fused-ring (bicyclic) bond motifs is 1. The first-order chi connectivity index (χ1) is 12.9. The molecule has 0 atom stereocenters. The molecule has 0 amide bonds. The molecule has 0 unspecified atom stereocenters. The molecule has 132 valence electrons. The molecule has 0 saturated carbocycles. The van der Waals surface area contributed by atoms with Gasteiger partial charge in [-0.2, -0.15) is 21.0 Å². The highest BCUT2D eigenvalue weighted by atomic mass is 32.1. The smallest absolute Gasteiger partial charge is 0.177 e. The number of aromatic nitrogens is 4. The summed E-state index contributed by atoms with van der Waals surface area (Å²) in [6.07, 6.45) is 2.21. The SMILES string of the molecule is c1csc(-c2ccc3nnc(C4CCN(Cc5ccsc5)CC4)n3n2)c1. The van der Waals surface area contributed by atoms with Gasteiger partial charge in [-0.25, -0.2) is 0 Å². The van der Waals surface area contributed by atoms with Crippen molar-refractivity contribution in [3.05, 3.63) is 57.9 Å². The lowest BCUT2D eigenvalue weighted by Crippen LogP contribution is -2.33. The standard InChI is InChI=1S/C19H19N5S2/c1-2-17(26-10-1)16-3-4-18-20-21-19(24(18)22-16)15-5-8-23(9-6-15)12-14-7-11-25-13-14/h1-4,7,10-11,13,15H,5-6,8-9,12H2. The van der Waals surface area contributed by atoms with E-state index < -0.39 is 0 Å². The van der Waals surface area contributed by atoms with E-state index in [4.69, 9.17) is 5.10 Å². The van der Waals surface area contributed by atoms with Crippen LogP contribution in [0, 0.1) is 0 Å². The second kappa shape index (κ2) is 6.90. The second-order valence-corrected chi connectivity index (χ2v) is 8.43. The number of rotatable bonds is 4. The van der Waals surface area contributed by atoms with Crippen molar-refractivity contribution in [3.63, 3.8) is 0 Å². The molecule has 5 heterocycles. The maximum atomic E-state index is 4.82. The van der Waals surface area contributed by atoms with E-state index in [1.165, 1.54) is 10.4 Å². The summed E-state index contributed by atoms with van der Waals surface area (Å²) < 4.78 is 1.95. The zero-order valence-corrected chi connectivity index (χ0v) is 15.9. The largest absolute Gasteiger partial charge is 0.299 e. The summed E-state index contributed by atoms with van der Waals surface area (Å²) in [5.74, 6) is 1.43. The molecule has 1 saturated heterocycles. The number of hydrogen-bond donors (Lipinski definition) is 0. The van der Waals surface area contributed by atoms with Gasteiger partial charge in [-0.1, -0.05) is 6.07 Å². The quantitative estimate of drug-likeness (QED) is 0.529. The first-order valence-corrected chi connectivity index (χ1v) is 10.7. The number of likely N-dealkylation sites (tertiary alicyclic amines) is 1. The summed E-state index contributed by atoms with van der Waals surface area (Å²) >= 11 is 3.48. The normalized spacial score (nSPS) is 16.5. The molecule has 1 aliphatic rings. The van der Waals surface area contributed by atoms with Crippen molar-refractivity contribution in [1.29, 1.82) is 0 Å². The van der Waals surface area contributed by atoms with Crippen LogP contribution in [-0.2, 0) is 6.54 Å². The zero-order chi connectivity index (χ0) is 17.3. The number of hydrogen-bond acceptors (Lipinski definition) is 6. The number of piperidine rings is 1. The third kappa shape index (κ3) is 3.06. The van der Waals surface area contributed by atoms with Crippen LogP contribution < -0.4 is 0 Å². The fraction of sp³-hybridized carbons (Fsp3) is 0.316. The van der Waals surface area contributed by atoms with Crippen LogP contribution in [0.3, 0.4) is 0 Å². The van der Waals surface area contributed by atoms with E-state index in [-0.39, 0.29) is 0 Å². The van der Waals surface area contributed by atoms with Gasteiger partial charge >= 0.3 is 0 Å². The van der Waals surface area contributed by atoms with Gasteiger partial charge in [-0.15, -0.1) is 21.5 Å². The molecule has 0 spiro atoms. The second-order valence-electron chi connectivity index (χ2n) is 6.71. The molecule has 0 aliphatic carbocycles. The Balaban J connectivity index is 1.35. The third-order valence-corrected chi connectivity index (χ3v) is 6.62. The van der Waals surface area contributed by atoms with Gasteiger partial charge in [0.2, 0.25) is 0 Å². The van der Waals surface area contributed by atoms with Gasteiger partial charge in [0.05, 0.1) is 4.88 Å². The van der Waals surface area contributed by atoms with Crippen molar-refractivity contribution in [2.45, 2.75) is 25.3 Å². The van der Waals surface area contributed by atoms with Gasteiger partial charge in [0.25, 0.3) is 0 Å². The molecule has 1 aliphatic heterocycles. The topological polar surface area (TPSA) is 46.3 Å². The summed E-state index contributed by atoms with van der Waals surface area (Å²) in [6.45, 7) is 3.25. The molecule has 7 heteroatoms. The first kappa shape index (κ1) is 16.1. The average Bonchev–Trinajstić information content (AvgIpc) is 3.43. The van der Waals surface area contributed by atoms with Crippen molar-refractivity contribution < 1.29 is 0 Å². The van der Waals surface area contributed by atoms with E-state index in [1.54, 1.807) is 22.7 Å². The fourth-order valence-corrected chi connectivity index (χ4v) is 4.96. The molecule has 4 aromatic rings. The van der Waals surface area contributed by atoms with Crippen molar-refractivity contribution in [2.75, 3.05) is 13.1 Å². The lowest BCUT2D eigenvalue weighted by Gasteiger charge is -2.30. The minimum absolute atomic E-state index is 0.426. The van der Waals surface area contributed by atoms with E-state index in [9.17, 15) is 0 Å². The van der Waals surface area contributed by atoms with Crippen LogP contribution in [0.2, 0.25) is 0 Å². The number of thiophene rings is 2. The highest BCUT2D eigenvalue weighted by Gasteiger charge is 2.25. The summed E-state index contributed by atoms with van der Waals surface area (Å²) in [7, 11) is 0. The van der Waals surface area contributed by atoms with Crippen LogP contribution >= 0.6 is 22.7 Å². The Morgan fingerprint density at radius 1 is 1.04 bits per heavy atom. The van der Waals surface area contributed by atoms with Gasteiger partial charge in [-0.05, 0) is 71.9 Å². The minimum Gasteiger partial charge on any atom is -0.299 e. The predicted octanol–water partition coefficient (Wildman–Crippen LogP) is 4.29. The summed E-state index contributed by atoms with van der Waals surface area (Å²) in [6, 6.07) is 10.4. The molecule has 5 rings (SSSR count). The van der Waals surface area contributed by atoms with Gasteiger partial charge in [0.1, 0.15) is 5.69 Å². The van der Waals surface area contributed by atoms with Crippen LogP contribution in [-0.4, -0.2) is 37.8 Å². The molecule has 5 nitrogen and oxygen atoms in total. The molecule has 4 aromatic heterocycles. The van der Waals surface area contributed by atoms with Crippen LogP contribution in [0.5, 0.6) is 0 Å². The van der Waals surface area contributed by atoms with Crippen molar-refractivity contribution in [1.82, 2.24) is 24.7 Å². The maximum Gasteiger partial charge on any atom is 0.177 e.